The lowest BCUT2D eigenvalue weighted by Gasteiger charge is -2.50. The number of aliphatic hydroxyl groups excluding tert-OH is 2. The zero-order valence-electron chi connectivity index (χ0n) is 42.8. The number of carbonyl (C=O) groups excluding carboxylic acids is 1. The summed E-state index contributed by atoms with van der Waals surface area (Å²) in [6.45, 7) is 20.1. The Balaban J connectivity index is 2.23. The minimum absolute atomic E-state index is 0.184. The van der Waals surface area contributed by atoms with Crippen molar-refractivity contribution in [2.24, 2.45) is 28.8 Å². The molecular formula is C47H89N3O15. The third kappa shape index (κ3) is 14.9. The van der Waals surface area contributed by atoms with Crippen LogP contribution in [0.4, 0.5) is 0 Å². The second-order valence-electron chi connectivity index (χ2n) is 19.9. The molecule has 18 nitrogen and oxygen atoms in total. The van der Waals surface area contributed by atoms with E-state index < -0.39 is 102 Å². The van der Waals surface area contributed by atoms with E-state index in [4.69, 9.17) is 52.2 Å². The standard InChI is InChI=1S/C47H89N3O15/c1-18-35-47(10,54)40(52)30(4)37(48-60-27-58-23-22-55-15)28(2)25-45(8,56-16)41(65-44-38(51)34(50(13)14)24-29(3)61-44)31(5)39(32(6)43(53)63-35)64-36-26-46(9,57-17)42(33(7)62-36)59-21-19-20-49(11)12/h28-36,38-42,44,51-52,54H,18-27H2,1-17H3/b48-37+/t28-,29-,30+,31+,32-,33-,34+,35-,36-,38-,39+,40-,41-,42-,44+,45-,46+,47-/m1/s1. The fourth-order valence-corrected chi connectivity index (χ4v) is 10.00. The van der Waals surface area contributed by atoms with Crippen molar-refractivity contribution in [2.45, 2.75) is 186 Å². The zero-order chi connectivity index (χ0) is 49.0. The molecule has 65 heavy (non-hydrogen) atoms. The fourth-order valence-electron chi connectivity index (χ4n) is 10.00. The van der Waals surface area contributed by atoms with Crippen LogP contribution in [0.3, 0.4) is 0 Å². The second-order valence-corrected chi connectivity index (χ2v) is 19.9. The van der Waals surface area contributed by atoms with Gasteiger partial charge in [0.1, 0.15) is 23.9 Å². The van der Waals surface area contributed by atoms with Crippen LogP contribution in [-0.4, -0.2) is 204 Å². The second kappa shape index (κ2) is 25.8. The summed E-state index contributed by atoms with van der Waals surface area (Å²) in [5.74, 6) is -3.64. The van der Waals surface area contributed by atoms with Crippen LogP contribution >= 0.6 is 0 Å². The van der Waals surface area contributed by atoms with E-state index in [1.165, 1.54) is 6.92 Å². The van der Waals surface area contributed by atoms with Crippen LogP contribution < -0.4 is 0 Å². The summed E-state index contributed by atoms with van der Waals surface area (Å²) in [5, 5.41) is 40.5. The van der Waals surface area contributed by atoms with Gasteiger partial charge in [0, 0.05) is 58.2 Å². The molecule has 3 heterocycles. The van der Waals surface area contributed by atoms with Crippen molar-refractivity contribution in [3.05, 3.63) is 0 Å². The molecule has 3 rings (SSSR count). The van der Waals surface area contributed by atoms with Gasteiger partial charge in [0.2, 0.25) is 6.79 Å². The monoisotopic (exact) mass is 936 g/mol. The molecule has 3 N–H and O–H groups in total. The number of ether oxygens (including phenoxy) is 10. The number of hydrogen-bond donors (Lipinski definition) is 3. The van der Waals surface area contributed by atoms with Gasteiger partial charge < -0.3 is 77.3 Å². The molecule has 0 bridgehead atoms. The van der Waals surface area contributed by atoms with E-state index in [-0.39, 0.29) is 44.8 Å². The molecule has 18 heteroatoms. The Morgan fingerprint density at radius 3 is 2.08 bits per heavy atom. The molecule has 0 aromatic rings. The van der Waals surface area contributed by atoms with Gasteiger partial charge in [-0.15, -0.1) is 0 Å². The first-order chi connectivity index (χ1) is 30.4. The maximum atomic E-state index is 14.6. The lowest BCUT2D eigenvalue weighted by atomic mass is 9.73. The molecule has 0 unspecified atom stereocenters. The molecule has 0 amide bonds. The maximum absolute atomic E-state index is 14.6. The number of carbonyl (C=O) groups is 1. The summed E-state index contributed by atoms with van der Waals surface area (Å²) in [4.78, 5) is 24.4. The fraction of sp³-hybridized carbons (Fsp3) is 0.957. The highest BCUT2D eigenvalue weighted by Crippen LogP contribution is 2.42. The van der Waals surface area contributed by atoms with Crippen molar-refractivity contribution in [3.8, 4) is 0 Å². The Morgan fingerprint density at radius 2 is 1.49 bits per heavy atom. The van der Waals surface area contributed by atoms with E-state index in [9.17, 15) is 20.1 Å². The summed E-state index contributed by atoms with van der Waals surface area (Å²) in [6.07, 6.45) is -6.60. The first-order valence-electron chi connectivity index (χ1n) is 23.6. The highest BCUT2D eigenvalue weighted by atomic mass is 16.7. The number of esters is 1. The van der Waals surface area contributed by atoms with Gasteiger partial charge in [0.15, 0.2) is 12.6 Å². The van der Waals surface area contributed by atoms with Crippen molar-refractivity contribution in [1.82, 2.24) is 9.80 Å². The highest BCUT2D eigenvalue weighted by Gasteiger charge is 2.54. The molecule has 3 fully saturated rings. The van der Waals surface area contributed by atoms with Crippen LogP contribution in [0, 0.1) is 23.7 Å². The van der Waals surface area contributed by atoms with E-state index in [1.54, 1.807) is 42.1 Å². The Kier molecular flexibility index (Phi) is 22.9. The number of nitrogens with zero attached hydrogens (tertiary/aromatic N) is 3. The number of rotatable bonds is 19. The molecule has 0 aromatic heterocycles. The third-order valence-electron chi connectivity index (χ3n) is 14.0. The summed E-state index contributed by atoms with van der Waals surface area (Å²) in [6, 6.07) is -0.281. The number of oxime groups is 1. The predicted molar refractivity (Wildman–Crippen MR) is 244 cm³/mol. The topological polar surface area (TPSA) is 198 Å². The molecule has 18 atom stereocenters. The maximum Gasteiger partial charge on any atom is 0.311 e. The summed E-state index contributed by atoms with van der Waals surface area (Å²) in [5.41, 5.74) is -3.57. The summed E-state index contributed by atoms with van der Waals surface area (Å²) >= 11 is 0. The molecule has 3 aliphatic heterocycles. The largest absolute Gasteiger partial charge is 0.459 e. The predicted octanol–water partition coefficient (Wildman–Crippen LogP) is 3.84. The van der Waals surface area contributed by atoms with Gasteiger partial charge in [-0.2, -0.15) is 0 Å². The van der Waals surface area contributed by atoms with Crippen LogP contribution in [0.2, 0.25) is 0 Å². The molecular weight excluding hydrogens is 847 g/mol. The van der Waals surface area contributed by atoms with Crippen LogP contribution in [0.1, 0.15) is 101 Å². The van der Waals surface area contributed by atoms with E-state index >= 15 is 0 Å². The van der Waals surface area contributed by atoms with Crippen LogP contribution in [0.15, 0.2) is 5.16 Å². The van der Waals surface area contributed by atoms with Crippen LogP contribution in [-0.2, 0) is 57.0 Å². The van der Waals surface area contributed by atoms with Gasteiger partial charge in [0.25, 0.3) is 0 Å². The van der Waals surface area contributed by atoms with Gasteiger partial charge in [0.05, 0.1) is 66.6 Å². The van der Waals surface area contributed by atoms with E-state index in [1.807, 2.05) is 74.6 Å². The van der Waals surface area contributed by atoms with E-state index in [0.717, 1.165) is 13.0 Å². The average Bonchev–Trinajstić information content (AvgIpc) is 3.24. The average molecular weight is 936 g/mol. The number of cyclic esters (lactones) is 1. The van der Waals surface area contributed by atoms with Gasteiger partial charge in [-0.3, -0.25) is 4.79 Å². The molecule has 0 spiro atoms. The zero-order valence-corrected chi connectivity index (χ0v) is 42.8. The lowest BCUT2D eigenvalue weighted by Crippen LogP contribution is -2.61. The Bertz CT molecular complexity index is 1440. The number of methoxy groups -OCH3 is 3. The minimum atomic E-state index is -1.93. The normalized spacial score (nSPS) is 42.3. The summed E-state index contributed by atoms with van der Waals surface area (Å²) in [7, 11) is 12.7. The Hall–Kier alpha value is -1.62. The van der Waals surface area contributed by atoms with Gasteiger partial charge >= 0.3 is 5.97 Å². The quantitative estimate of drug-likeness (QED) is 0.0731. The molecule has 3 saturated heterocycles. The highest BCUT2D eigenvalue weighted by molar-refractivity contribution is 5.88. The van der Waals surface area contributed by atoms with Crippen LogP contribution in [0.5, 0.6) is 0 Å². The van der Waals surface area contributed by atoms with Gasteiger partial charge in [-0.05, 0) is 102 Å². The number of aliphatic hydroxyl groups is 3. The van der Waals surface area contributed by atoms with Crippen molar-refractivity contribution >= 4 is 11.7 Å². The van der Waals surface area contributed by atoms with E-state index in [2.05, 4.69) is 10.1 Å². The molecule has 0 saturated carbocycles. The molecule has 382 valence electrons. The molecule has 0 radical (unpaired) electrons. The number of hydrogen-bond acceptors (Lipinski definition) is 18. The smallest absolute Gasteiger partial charge is 0.311 e. The first kappa shape index (κ1) is 57.7. The third-order valence-corrected chi connectivity index (χ3v) is 14.0. The van der Waals surface area contributed by atoms with Crippen molar-refractivity contribution in [2.75, 3.05) is 82.7 Å². The molecule has 3 aliphatic rings. The first-order valence-corrected chi connectivity index (χ1v) is 23.6. The lowest BCUT2D eigenvalue weighted by molar-refractivity contribution is -0.322. The van der Waals surface area contributed by atoms with Crippen molar-refractivity contribution < 1.29 is 72.3 Å². The van der Waals surface area contributed by atoms with Gasteiger partial charge in [-0.25, -0.2) is 0 Å². The summed E-state index contributed by atoms with van der Waals surface area (Å²) < 4.78 is 63.0. The molecule has 0 aliphatic carbocycles. The van der Waals surface area contributed by atoms with Crippen molar-refractivity contribution in [3.63, 3.8) is 0 Å². The minimum Gasteiger partial charge on any atom is -0.459 e. The van der Waals surface area contributed by atoms with Gasteiger partial charge in [-0.1, -0.05) is 32.9 Å². The Labute approximate surface area is 390 Å². The molecule has 0 aromatic carbocycles. The Morgan fingerprint density at radius 1 is 0.846 bits per heavy atom. The van der Waals surface area contributed by atoms with E-state index in [0.29, 0.717) is 25.3 Å². The van der Waals surface area contributed by atoms with Crippen LogP contribution in [0.25, 0.3) is 0 Å². The van der Waals surface area contributed by atoms with Crippen molar-refractivity contribution in [1.29, 1.82) is 0 Å². The number of likely N-dealkylation sites (N-methyl/N-ethyl adjacent to an activating group) is 1. The SMILES string of the molecule is CC[C@H]1OC(=O)[C@H](C)[C@@H](O[C@@H]2C[C@](C)(OC)[C@H](OCCCN(C)C)[C@@H](C)O2)[C@H](C)[C@@H](O[C@@H]2O[C@H](C)C[C@H](N(C)C)[C@H]2O)[C@](C)(OC)C[C@@H](C)/C(=N\OCOCCOC)[C@H](C)[C@@H](O)[C@]1(C)O.